The van der Waals surface area contributed by atoms with E-state index < -0.39 is 0 Å². The van der Waals surface area contributed by atoms with E-state index >= 15 is 0 Å². The van der Waals surface area contributed by atoms with Crippen LogP contribution in [-0.4, -0.2) is 20.0 Å². The molecular weight excluding hydrogens is 280 g/mol. The minimum absolute atomic E-state index is 0.135. The van der Waals surface area contributed by atoms with Gasteiger partial charge in [0.2, 0.25) is 0 Å². The first-order valence-electron chi connectivity index (χ1n) is 6.89. The van der Waals surface area contributed by atoms with Crippen LogP contribution in [0.2, 0.25) is 0 Å². The summed E-state index contributed by atoms with van der Waals surface area (Å²) in [7, 11) is 1.93. The number of aromatic nitrogens is 3. The van der Waals surface area contributed by atoms with Gasteiger partial charge in [-0.15, -0.1) is 10.2 Å². The maximum atomic E-state index is 8.89. The molecule has 0 saturated heterocycles. The molecule has 0 N–H and O–H groups in total. The Hall–Kier alpha value is -1.80. The van der Waals surface area contributed by atoms with E-state index in [4.69, 9.17) is 5.26 Å². The smallest absolute Gasteiger partial charge is 0.192 e. The first kappa shape index (κ1) is 15.6. The van der Waals surface area contributed by atoms with Gasteiger partial charge in [0.05, 0.1) is 11.3 Å². The SMILES string of the molecule is CC(C#N)Sc1nnc(-c2ccc(C(C)(C)C)cc2)n1C. The molecule has 1 atom stereocenters. The Kier molecular flexibility index (Phi) is 4.38. The maximum Gasteiger partial charge on any atom is 0.192 e. The van der Waals surface area contributed by atoms with Crippen molar-refractivity contribution in [3.8, 4) is 17.5 Å². The van der Waals surface area contributed by atoms with E-state index in [1.807, 2.05) is 18.5 Å². The number of rotatable bonds is 3. The van der Waals surface area contributed by atoms with E-state index in [2.05, 4.69) is 61.3 Å². The second-order valence-corrected chi connectivity index (χ2v) is 7.39. The van der Waals surface area contributed by atoms with Crippen molar-refractivity contribution in [2.24, 2.45) is 7.05 Å². The fraction of sp³-hybridized carbons (Fsp3) is 0.438. The van der Waals surface area contributed by atoms with Crippen LogP contribution in [0.5, 0.6) is 0 Å². The largest absolute Gasteiger partial charge is 0.305 e. The standard InChI is InChI=1S/C16H20N4S/c1-11(10-17)21-15-19-18-14(20(15)5)12-6-8-13(9-7-12)16(2,3)4/h6-9,11H,1-5H3. The first-order chi connectivity index (χ1) is 9.82. The zero-order valence-corrected chi connectivity index (χ0v) is 13.9. The second-order valence-electron chi connectivity index (χ2n) is 6.08. The molecule has 1 unspecified atom stereocenters. The van der Waals surface area contributed by atoms with Crippen molar-refractivity contribution in [3.63, 3.8) is 0 Å². The average molecular weight is 300 g/mol. The minimum atomic E-state index is -0.135. The van der Waals surface area contributed by atoms with Crippen LogP contribution in [0.25, 0.3) is 11.4 Å². The Bertz CT molecular complexity index is 659. The molecule has 0 bridgehead atoms. The molecule has 1 aromatic carbocycles. The molecule has 2 aromatic rings. The Labute approximate surface area is 130 Å². The zero-order valence-electron chi connectivity index (χ0n) is 13.1. The van der Waals surface area contributed by atoms with Crippen LogP contribution in [0, 0.1) is 11.3 Å². The van der Waals surface area contributed by atoms with Gasteiger partial charge in [-0.25, -0.2) is 0 Å². The molecule has 0 aliphatic rings. The summed E-state index contributed by atoms with van der Waals surface area (Å²) in [5.41, 5.74) is 2.47. The molecule has 5 heteroatoms. The van der Waals surface area contributed by atoms with Gasteiger partial charge >= 0.3 is 0 Å². The average Bonchev–Trinajstić information content (AvgIpc) is 2.79. The van der Waals surface area contributed by atoms with Crippen LogP contribution >= 0.6 is 11.8 Å². The fourth-order valence-corrected chi connectivity index (χ4v) is 2.67. The predicted molar refractivity (Wildman–Crippen MR) is 86.1 cm³/mol. The molecule has 0 fully saturated rings. The third-order valence-electron chi connectivity index (χ3n) is 3.31. The highest BCUT2D eigenvalue weighted by Crippen LogP contribution is 2.27. The summed E-state index contributed by atoms with van der Waals surface area (Å²) in [6.45, 7) is 8.45. The van der Waals surface area contributed by atoms with Crippen molar-refractivity contribution in [1.29, 1.82) is 5.26 Å². The van der Waals surface area contributed by atoms with E-state index in [1.54, 1.807) is 0 Å². The van der Waals surface area contributed by atoms with Gasteiger partial charge in [-0.05, 0) is 17.9 Å². The first-order valence-corrected chi connectivity index (χ1v) is 7.77. The molecule has 0 aliphatic heterocycles. The Morgan fingerprint density at radius 1 is 1.19 bits per heavy atom. The van der Waals surface area contributed by atoms with E-state index in [9.17, 15) is 0 Å². The van der Waals surface area contributed by atoms with Crippen LogP contribution in [0.3, 0.4) is 0 Å². The molecule has 0 amide bonds. The van der Waals surface area contributed by atoms with E-state index in [0.29, 0.717) is 0 Å². The van der Waals surface area contributed by atoms with Gasteiger partial charge < -0.3 is 4.57 Å². The van der Waals surface area contributed by atoms with Gasteiger partial charge in [-0.3, -0.25) is 0 Å². The highest BCUT2D eigenvalue weighted by atomic mass is 32.2. The van der Waals surface area contributed by atoms with Crippen molar-refractivity contribution >= 4 is 11.8 Å². The van der Waals surface area contributed by atoms with Crippen molar-refractivity contribution in [3.05, 3.63) is 29.8 Å². The van der Waals surface area contributed by atoms with Crippen molar-refractivity contribution in [2.75, 3.05) is 0 Å². The predicted octanol–water partition coefficient (Wildman–Crippen LogP) is 3.78. The zero-order chi connectivity index (χ0) is 15.6. The number of nitrogens with zero attached hydrogens (tertiary/aromatic N) is 4. The molecule has 1 aromatic heterocycles. The van der Waals surface area contributed by atoms with Crippen LogP contribution < -0.4 is 0 Å². The lowest BCUT2D eigenvalue weighted by molar-refractivity contribution is 0.590. The molecule has 0 spiro atoms. The molecule has 110 valence electrons. The van der Waals surface area contributed by atoms with Crippen LogP contribution in [-0.2, 0) is 12.5 Å². The summed E-state index contributed by atoms with van der Waals surface area (Å²) in [4.78, 5) is 0. The van der Waals surface area contributed by atoms with Crippen molar-refractivity contribution in [1.82, 2.24) is 14.8 Å². The normalized spacial score (nSPS) is 13.0. The summed E-state index contributed by atoms with van der Waals surface area (Å²) in [6, 6.07) is 10.6. The lowest BCUT2D eigenvalue weighted by Gasteiger charge is -2.19. The molecule has 2 rings (SSSR count). The summed E-state index contributed by atoms with van der Waals surface area (Å²) >= 11 is 1.42. The van der Waals surface area contributed by atoms with Gasteiger partial charge in [0.25, 0.3) is 0 Å². The quantitative estimate of drug-likeness (QED) is 0.809. The van der Waals surface area contributed by atoms with Crippen molar-refractivity contribution in [2.45, 2.75) is 43.5 Å². The van der Waals surface area contributed by atoms with Crippen molar-refractivity contribution < 1.29 is 0 Å². The molecule has 4 nitrogen and oxygen atoms in total. The Morgan fingerprint density at radius 3 is 2.33 bits per heavy atom. The Morgan fingerprint density at radius 2 is 1.81 bits per heavy atom. The highest BCUT2D eigenvalue weighted by molar-refractivity contribution is 8.00. The number of hydrogen-bond acceptors (Lipinski definition) is 4. The molecule has 1 heterocycles. The van der Waals surface area contributed by atoms with Gasteiger partial charge in [-0.2, -0.15) is 5.26 Å². The summed E-state index contributed by atoms with van der Waals surface area (Å²) in [5, 5.41) is 17.9. The van der Waals surface area contributed by atoms with E-state index in [1.165, 1.54) is 17.3 Å². The number of thioether (sulfide) groups is 1. The molecule has 0 aliphatic carbocycles. The van der Waals surface area contributed by atoms with Gasteiger partial charge in [0.1, 0.15) is 0 Å². The lowest BCUT2D eigenvalue weighted by atomic mass is 9.87. The summed E-state index contributed by atoms with van der Waals surface area (Å²) in [5.74, 6) is 0.822. The monoisotopic (exact) mass is 300 g/mol. The minimum Gasteiger partial charge on any atom is -0.305 e. The lowest BCUT2D eigenvalue weighted by Crippen LogP contribution is -2.10. The highest BCUT2D eigenvalue weighted by Gasteiger charge is 2.16. The van der Waals surface area contributed by atoms with E-state index in [0.717, 1.165) is 16.5 Å². The van der Waals surface area contributed by atoms with Crippen LogP contribution in [0.1, 0.15) is 33.3 Å². The van der Waals surface area contributed by atoms with Gasteiger partial charge in [0, 0.05) is 12.6 Å². The second kappa shape index (κ2) is 5.90. The molecular formula is C16H20N4S. The number of nitriles is 1. The number of hydrogen-bond donors (Lipinski definition) is 0. The summed E-state index contributed by atoms with van der Waals surface area (Å²) < 4.78 is 1.94. The summed E-state index contributed by atoms with van der Waals surface area (Å²) in [6.07, 6.45) is 0. The van der Waals surface area contributed by atoms with Crippen LogP contribution in [0.15, 0.2) is 29.4 Å². The molecule has 0 saturated carbocycles. The Balaban J connectivity index is 2.29. The maximum absolute atomic E-state index is 8.89. The molecule has 21 heavy (non-hydrogen) atoms. The number of benzene rings is 1. The fourth-order valence-electron chi connectivity index (χ4n) is 1.97. The molecule has 0 radical (unpaired) electrons. The topological polar surface area (TPSA) is 54.5 Å². The van der Waals surface area contributed by atoms with E-state index in [-0.39, 0.29) is 10.7 Å². The van der Waals surface area contributed by atoms with Gasteiger partial charge in [0.15, 0.2) is 11.0 Å². The third kappa shape index (κ3) is 3.45. The third-order valence-corrected chi connectivity index (χ3v) is 4.33. The van der Waals surface area contributed by atoms with Crippen LogP contribution in [0.4, 0.5) is 0 Å². The van der Waals surface area contributed by atoms with Gasteiger partial charge in [-0.1, -0.05) is 56.8 Å².